The highest BCUT2D eigenvalue weighted by molar-refractivity contribution is 7.99. The first-order chi connectivity index (χ1) is 8.22. The lowest BCUT2D eigenvalue weighted by Gasteiger charge is -1.91. The first-order valence-corrected chi connectivity index (χ1v) is 5.96. The molecule has 94 valence electrons. The van der Waals surface area contributed by atoms with E-state index in [0.717, 1.165) is 6.08 Å². The van der Waals surface area contributed by atoms with E-state index in [1.165, 1.54) is 24.2 Å². The van der Waals surface area contributed by atoms with Gasteiger partial charge in [-0.2, -0.15) is 8.78 Å². The van der Waals surface area contributed by atoms with Gasteiger partial charge in [-0.1, -0.05) is 16.9 Å². The maximum absolute atomic E-state index is 11.7. The molecule has 0 atom stereocenters. The van der Waals surface area contributed by atoms with E-state index in [1.807, 2.05) is 6.92 Å². The van der Waals surface area contributed by atoms with Crippen molar-refractivity contribution in [1.29, 1.82) is 0 Å². The molecule has 1 rings (SSSR count). The van der Waals surface area contributed by atoms with Crippen LogP contribution in [0.15, 0.2) is 33.1 Å². The monoisotopic (exact) mass is 262 g/mol. The van der Waals surface area contributed by atoms with Gasteiger partial charge < -0.3 is 9.25 Å². The van der Waals surface area contributed by atoms with Gasteiger partial charge >= 0.3 is 0 Å². The summed E-state index contributed by atoms with van der Waals surface area (Å²) >= 11 is 1.26. The second kappa shape index (κ2) is 7.83. The quantitative estimate of drug-likeness (QED) is 0.327. The zero-order valence-corrected chi connectivity index (χ0v) is 10.0. The van der Waals surface area contributed by atoms with Crippen molar-refractivity contribution in [3.63, 3.8) is 0 Å². The molecule has 0 aliphatic heterocycles. The van der Waals surface area contributed by atoms with Crippen molar-refractivity contribution in [1.82, 2.24) is 4.98 Å². The standard InChI is InChI=1S/C10H12F2N2O2S/c1-2-15-14-7-8-6-13-10(16-8)17-5-3-4-9(11)12/h4,6-7H,2-3,5H2,1H3/b14-7-. The Kier molecular flexibility index (Phi) is 6.31. The third-order valence-corrected chi connectivity index (χ3v) is 2.40. The number of oxazole rings is 1. The van der Waals surface area contributed by atoms with Gasteiger partial charge in [0.25, 0.3) is 11.3 Å². The number of thioether (sulfide) groups is 1. The Morgan fingerprint density at radius 3 is 3.18 bits per heavy atom. The van der Waals surface area contributed by atoms with Gasteiger partial charge in [-0.3, -0.25) is 0 Å². The summed E-state index contributed by atoms with van der Waals surface area (Å²) in [6.07, 6.45) is 2.38. The van der Waals surface area contributed by atoms with Crippen molar-refractivity contribution in [3.05, 3.63) is 24.1 Å². The molecule has 0 aliphatic carbocycles. The maximum Gasteiger partial charge on any atom is 0.266 e. The maximum atomic E-state index is 11.7. The molecule has 1 aromatic heterocycles. The Labute approximate surface area is 102 Å². The minimum atomic E-state index is -1.66. The van der Waals surface area contributed by atoms with E-state index in [4.69, 9.17) is 9.25 Å². The molecule has 1 aromatic rings. The zero-order chi connectivity index (χ0) is 12.5. The molecular weight excluding hydrogens is 250 g/mol. The summed E-state index contributed by atoms with van der Waals surface area (Å²) < 4.78 is 28.7. The predicted molar refractivity (Wildman–Crippen MR) is 61.4 cm³/mol. The van der Waals surface area contributed by atoms with E-state index in [1.54, 1.807) is 0 Å². The van der Waals surface area contributed by atoms with Gasteiger partial charge in [0.15, 0.2) is 5.76 Å². The molecule has 7 heteroatoms. The number of hydrogen-bond acceptors (Lipinski definition) is 5. The van der Waals surface area contributed by atoms with Gasteiger partial charge in [0.2, 0.25) is 0 Å². The van der Waals surface area contributed by atoms with Crippen LogP contribution in [0, 0.1) is 0 Å². The predicted octanol–water partition coefficient (Wildman–Crippen LogP) is 3.31. The Morgan fingerprint density at radius 2 is 2.47 bits per heavy atom. The molecule has 4 nitrogen and oxygen atoms in total. The Morgan fingerprint density at radius 1 is 1.65 bits per heavy atom. The van der Waals surface area contributed by atoms with Gasteiger partial charge in [0.05, 0.1) is 6.20 Å². The van der Waals surface area contributed by atoms with Crippen molar-refractivity contribution in [3.8, 4) is 0 Å². The number of halogens is 2. The normalized spacial score (nSPS) is 10.8. The molecule has 0 fully saturated rings. The molecular formula is C10H12F2N2O2S. The van der Waals surface area contributed by atoms with Crippen molar-refractivity contribution in [2.75, 3.05) is 12.4 Å². The second-order valence-corrected chi connectivity index (χ2v) is 3.86. The fraction of sp³-hybridized carbons (Fsp3) is 0.400. The van der Waals surface area contributed by atoms with Crippen molar-refractivity contribution in [2.45, 2.75) is 18.6 Å². The molecule has 0 spiro atoms. The lowest BCUT2D eigenvalue weighted by atomic mass is 10.5. The smallest absolute Gasteiger partial charge is 0.266 e. The second-order valence-electron chi connectivity index (χ2n) is 2.81. The van der Waals surface area contributed by atoms with E-state index in [2.05, 4.69) is 10.1 Å². The number of aromatic nitrogens is 1. The number of nitrogens with zero attached hydrogens (tertiary/aromatic N) is 2. The Bertz CT molecular complexity index is 389. The van der Waals surface area contributed by atoms with E-state index in [-0.39, 0.29) is 6.42 Å². The van der Waals surface area contributed by atoms with E-state index in [0.29, 0.717) is 23.3 Å². The van der Waals surface area contributed by atoms with Crippen LogP contribution < -0.4 is 0 Å². The number of oxime groups is 1. The Hall–Kier alpha value is -1.37. The van der Waals surface area contributed by atoms with Crippen LogP contribution in [0.3, 0.4) is 0 Å². The van der Waals surface area contributed by atoms with Crippen molar-refractivity contribution >= 4 is 18.0 Å². The topological polar surface area (TPSA) is 47.6 Å². The van der Waals surface area contributed by atoms with Crippen molar-refractivity contribution in [2.24, 2.45) is 5.16 Å². The first-order valence-electron chi connectivity index (χ1n) is 4.97. The number of allylic oxidation sites excluding steroid dienone is 1. The van der Waals surface area contributed by atoms with Crippen LogP contribution >= 0.6 is 11.8 Å². The van der Waals surface area contributed by atoms with Crippen LogP contribution in [0.1, 0.15) is 19.1 Å². The van der Waals surface area contributed by atoms with Crippen LogP contribution in [0.25, 0.3) is 0 Å². The first kappa shape index (κ1) is 13.7. The van der Waals surface area contributed by atoms with Crippen LogP contribution in [0.5, 0.6) is 0 Å². The largest absolute Gasteiger partial charge is 0.430 e. The molecule has 0 aliphatic rings. The molecule has 0 amide bonds. The lowest BCUT2D eigenvalue weighted by molar-refractivity contribution is 0.160. The molecule has 17 heavy (non-hydrogen) atoms. The fourth-order valence-corrected chi connectivity index (χ4v) is 1.57. The minimum Gasteiger partial charge on any atom is -0.430 e. The van der Waals surface area contributed by atoms with Crippen LogP contribution in [-0.2, 0) is 4.84 Å². The molecule has 0 saturated heterocycles. The molecule has 0 aromatic carbocycles. The molecule has 0 N–H and O–H groups in total. The Balaban J connectivity index is 2.33. The average Bonchev–Trinajstić information content (AvgIpc) is 2.73. The van der Waals surface area contributed by atoms with Crippen LogP contribution in [0.4, 0.5) is 8.78 Å². The molecule has 0 bridgehead atoms. The van der Waals surface area contributed by atoms with Crippen molar-refractivity contribution < 1.29 is 18.0 Å². The summed E-state index contributed by atoms with van der Waals surface area (Å²) in [6.45, 7) is 2.30. The minimum absolute atomic E-state index is 0.276. The summed E-state index contributed by atoms with van der Waals surface area (Å²) in [5, 5.41) is 4.04. The zero-order valence-electron chi connectivity index (χ0n) is 9.23. The van der Waals surface area contributed by atoms with E-state index < -0.39 is 6.08 Å². The third kappa shape index (κ3) is 6.06. The van der Waals surface area contributed by atoms with Gasteiger partial charge in [-0.15, -0.1) is 0 Å². The highest BCUT2D eigenvalue weighted by Gasteiger charge is 2.02. The molecule has 0 unspecified atom stereocenters. The fourth-order valence-electron chi connectivity index (χ4n) is 0.874. The van der Waals surface area contributed by atoms with E-state index in [9.17, 15) is 8.78 Å². The average molecular weight is 262 g/mol. The van der Waals surface area contributed by atoms with E-state index >= 15 is 0 Å². The highest BCUT2D eigenvalue weighted by Crippen LogP contribution is 2.18. The summed E-state index contributed by atoms with van der Waals surface area (Å²) in [5.41, 5.74) is 0. The highest BCUT2D eigenvalue weighted by atomic mass is 32.2. The van der Waals surface area contributed by atoms with Gasteiger partial charge in [-0.05, 0) is 19.4 Å². The molecule has 0 saturated carbocycles. The summed E-state index contributed by atoms with van der Waals surface area (Å²) in [4.78, 5) is 8.71. The molecule has 0 radical (unpaired) electrons. The van der Waals surface area contributed by atoms with Crippen LogP contribution in [0.2, 0.25) is 0 Å². The van der Waals surface area contributed by atoms with Crippen LogP contribution in [-0.4, -0.2) is 23.6 Å². The lowest BCUT2D eigenvalue weighted by Crippen LogP contribution is -1.81. The van der Waals surface area contributed by atoms with Gasteiger partial charge in [-0.25, -0.2) is 4.98 Å². The SMILES string of the molecule is CCO/N=C\c1cnc(SCCC=C(F)F)o1. The molecule has 1 heterocycles. The van der Waals surface area contributed by atoms with Gasteiger partial charge in [0, 0.05) is 5.75 Å². The third-order valence-electron chi connectivity index (χ3n) is 1.53. The summed E-state index contributed by atoms with van der Waals surface area (Å²) in [5.74, 6) is 0.952. The number of hydrogen-bond donors (Lipinski definition) is 0. The number of rotatable bonds is 7. The van der Waals surface area contributed by atoms with Gasteiger partial charge in [0.1, 0.15) is 12.8 Å². The summed E-state index contributed by atoms with van der Waals surface area (Å²) in [6, 6.07) is 0. The summed E-state index contributed by atoms with van der Waals surface area (Å²) in [7, 11) is 0.